The number of carboxylic acids is 4. The van der Waals surface area contributed by atoms with Gasteiger partial charge in [-0.15, -0.1) is 0 Å². The number of aliphatic carboxylic acids is 4. The van der Waals surface area contributed by atoms with E-state index in [4.69, 9.17) is 35.4 Å². The highest BCUT2D eigenvalue weighted by atomic mass is 16.4. The molecule has 0 saturated carbocycles. The fraction of sp³-hybridized carbons (Fsp3) is 0.636. The van der Waals surface area contributed by atoms with Gasteiger partial charge in [-0.05, 0) is 13.8 Å². The van der Waals surface area contributed by atoms with Crippen molar-refractivity contribution in [1.29, 1.82) is 0 Å². The smallest absolute Gasteiger partial charge is 0.332 e. The molecular formula is C11H24O11. The Labute approximate surface area is 126 Å². The molecule has 22 heavy (non-hydrogen) atoms. The van der Waals surface area contributed by atoms with Crippen LogP contribution in [-0.2, 0) is 19.2 Å². The lowest BCUT2D eigenvalue weighted by Crippen LogP contribution is -2.13. The molecule has 11 nitrogen and oxygen atoms in total. The highest BCUT2D eigenvalue weighted by Crippen LogP contribution is 1.86. The highest BCUT2D eigenvalue weighted by Gasteiger charge is 2.01. The molecule has 0 amide bonds. The van der Waals surface area contributed by atoms with Gasteiger partial charge in [0.05, 0.1) is 12.8 Å². The summed E-state index contributed by atoms with van der Waals surface area (Å²) < 4.78 is 0. The molecule has 0 heterocycles. The van der Waals surface area contributed by atoms with E-state index in [0.717, 1.165) is 6.92 Å². The van der Waals surface area contributed by atoms with Crippen LogP contribution in [0, 0.1) is 0 Å². The average Bonchev–Trinajstić information content (AvgIpc) is 2.27. The van der Waals surface area contributed by atoms with Crippen molar-refractivity contribution in [2.45, 2.75) is 39.7 Å². The first-order valence-electron chi connectivity index (χ1n) is 5.57. The minimum Gasteiger partial charge on any atom is -0.481 e. The van der Waals surface area contributed by atoms with Crippen molar-refractivity contribution in [3.63, 3.8) is 0 Å². The monoisotopic (exact) mass is 332 g/mol. The van der Waals surface area contributed by atoms with Gasteiger partial charge in [0.25, 0.3) is 5.97 Å². The number of hydrogen-bond donors (Lipinski definition) is 6. The maximum atomic E-state index is 9.64. The van der Waals surface area contributed by atoms with Crippen LogP contribution in [-0.4, -0.2) is 72.7 Å². The van der Waals surface area contributed by atoms with Gasteiger partial charge in [0.2, 0.25) is 0 Å². The summed E-state index contributed by atoms with van der Waals surface area (Å²) in [7, 11) is 0. The van der Waals surface area contributed by atoms with E-state index in [1.807, 2.05) is 0 Å². The van der Waals surface area contributed by atoms with Crippen LogP contribution < -0.4 is 0 Å². The van der Waals surface area contributed by atoms with Crippen molar-refractivity contribution >= 4 is 23.9 Å². The fourth-order valence-electron chi connectivity index (χ4n) is 0.214. The van der Waals surface area contributed by atoms with Crippen LogP contribution in [0.2, 0.25) is 0 Å². The third kappa shape index (κ3) is 109. The normalized spacial score (nSPS) is 8.77. The molecule has 0 spiro atoms. The third-order valence-corrected chi connectivity index (χ3v) is 0.910. The molecule has 134 valence electrons. The van der Waals surface area contributed by atoms with Crippen LogP contribution in [0.3, 0.4) is 0 Å². The number of aliphatic hydroxyl groups excluding tert-OH is 2. The molecular weight excluding hydrogens is 308 g/mol. The van der Waals surface area contributed by atoms with E-state index < -0.39 is 30.0 Å². The Balaban J connectivity index is -0.0000000615. The highest BCUT2D eigenvalue weighted by molar-refractivity contribution is 5.75. The van der Waals surface area contributed by atoms with E-state index in [9.17, 15) is 14.4 Å². The summed E-state index contributed by atoms with van der Waals surface area (Å²) in [5.41, 5.74) is 0. The lowest BCUT2D eigenvalue weighted by molar-refractivity contribution is -0.145. The Kier molecular flexibility index (Phi) is 34.6. The number of carbonyl (C=O) groups is 4. The summed E-state index contributed by atoms with van der Waals surface area (Å²) in [6.07, 6.45) is -1.82. The Bertz CT molecular complexity index is 280. The van der Waals surface area contributed by atoms with E-state index in [1.54, 1.807) is 6.92 Å². The minimum atomic E-state index is -1.23. The first kappa shape index (κ1) is 31.9. The van der Waals surface area contributed by atoms with E-state index in [0.29, 0.717) is 0 Å². The molecule has 0 aromatic carbocycles. The molecule has 0 bridgehead atoms. The zero-order valence-electron chi connectivity index (χ0n) is 12.5. The second-order valence-corrected chi connectivity index (χ2v) is 3.14. The quantitative estimate of drug-likeness (QED) is 0.355. The Morgan fingerprint density at radius 1 is 0.909 bits per heavy atom. The van der Waals surface area contributed by atoms with E-state index in [2.05, 4.69) is 0 Å². The number of aliphatic hydroxyl groups is 2. The van der Waals surface area contributed by atoms with Crippen molar-refractivity contribution in [3.8, 4) is 0 Å². The molecule has 0 saturated heterocycles. The average molecular weight is 332 g/mol. The van der Waals surface area contributed by atoms with Crippen molar-refractivity contribution < 1.29 is 55.3 Å². The molecule has 8 N–H and O–H groups in total. The van der Waals surface area contributed by atoms with Gasteiger partial charge in [-0.1, -0.05) is 0 Å². The van der Waals surface area contributed by atoms with Gasteiger partial charge in [-0.2, -0.15) is 0 Å². The van der Waals surface area contributed by atoms with Crippen LogP contribution in [0.15, 0.2) is 0 Å². The van der Waals surface area contributed by atoms with Crippen LogP contribution >= 0.6 is 0 Å². The van der Waals surface area contributed by atoms with Gasteiger partial charge in [0.15, 0.2) is 0 Å². The predicted octanol–water partition coefficient (Wildman–Crippen LogP) is -1.35. The number of rotatable bonds is 4. The van der Waals surface area contributed by atoms with Gasteiger partial charge in [0.1, 0.15) is 6.10 Å². The van der Waals surface area contributed by atoms with Crippen LogP contribution in [0.4, 0.5) is 0 Å². The molecule has 0 aromatic heterocycles. The second-order valence-electron chi connectivity index (χ2n) is 3.14. The SMILES string of the molecule is CC(=O)O.CC(O)C(=O)O.CCO.O.O=C(O)CCC(=O)O. The molecule has 0 fully saturated rings. The van der Waals surface area contributed by atoms with Crippen LogP contribution in [0.25, 0.3) is 0 Å². The molecule has 1 unspecified atom stereocenters. The van der Waals surface area contributed by atoms with Crippen molar-refractivity contribution in [3.05, 3.63) is 0 Å². The van der Waals surface area contributed by atoms with Gasteiger partial charge >= 0.3 is 17.9 Å². The van der Waals surface area contributed by atoms with Gasteiger partial charge in [-0.3, -0.25) is 14.4 Å². The molecule has 0 rings (SSSR count). The maximum absolute atomic E-state index is 9.64. The summed E-state index contributed by atoms with van der Waals surface area (Å²) in [6, 6.07) is 0. The third-order valence-electron chi connectivity index (χ3n) is 0.910. The molecule has 0 aliphatic carbocycles. The standard InChI is InChI=1S/C4H6O4.C3H6O3.C2H4O2.C2H6O.H2O/c5-3(6)1-2-4(7)8;1-2(4)3(5)6;1-2(3)4;1-2-3;/h1-2H2,(H,5,6)(H,7,8);2,4H,1H3,(H,5,6);1H3,(H,3,4);3H,2H2,1H3;1H2. The lowest BCUT2D eigenvalue weighted by Gasteiger charge is -1.89. The van der Waals surface area contributed by atoms with Crippen molar-refractivity contribution in [2.75, 3.05) is 6.61 Å². The molecule has 1 atom stereocenters. The van der Waals surface area contributed by atoms with Crippen molar-refractivity contribution in [2.24, 2.45) is 0 Å². The zero-order valence-corrected chi connectivity index (χ0v) is 12.5. The molecule has 11 heteroatoms. The molecule has 0 aliphatic rings. The first-order chi connectivity index (χ1) is 9.41. The summed E-state index contributed by atoms with van der Waals surface area (Å²) >= 11 is 0. The summed E-state index contributed by atoms with van der Waals surface area (Å²) in [6.45, 7) is 4.21. The largest absolute Gasteiger partial charge is 0.481 e. The van der Waals surface area contributed by atoms with Crippen LogP contribution in [0.5, 0.6) is 0 Å². The topological polar surface area (TPSA) is 221 Å². The lowest BCUT2D eigenvalue weighted by atomic mass is 10.3. The van der Waals surface area contributed by atoms with Crippen molar-refractivity contribution in [1.82, 2.24) is 0 Å². The Morgan fingerprint density at radius 2 is 1.05 bits per heavy atom. The number of hydrogen-bond acceptors (Lipinski definition) is 6. The molecule has 0 radical (unpaired) electrons. The Morgan fingerprint density at radius 3 is 1.09 bits per heavy atom. The van der Waals surface area contributed by atoms with Gasteiger partial charge < -0.3 is 36.1 Å². The Hall–Kier alpha value is -2.24. The van der Waals surface area contributed by atoms with E-state index >= 15 is 0 Å². The summed E-state index contributed by atoms with van der Waals surface area (Å²) in [4.78, 5) is 37.7. The molecule has 0 aromatic rings. The maximum Gasteiger partial charge on any atom is 0.332 e. The summed E-state index contributed by atoms with van der Waals surface area (Å²) in [5, 5.41) is 46.6. The first-order valence-corrected chi connectivity index (χ1v) is 5.57. The summed E-state index contributed by atoms with van der Waals surface area (Å²) in [5.74, 6) is -4.17. The minimum absolute atomic E-state index is 0. The van der Waals surface area contributed by atoms with E-state index in [1.165, 1.54) is 6.92 Å². The predicted molar refractivity (Wildman–Crippen MR) is 73.5 cm³/mol. The van der Waals surface area contributed by atoms with Gasteiger partial charge in [-0.25, -0.2) is 4.79 Å². The van der Waals surface area contributed by atoms with Gasteiger partial charge in [0, 0.05) is 13.5 Å². The fourth-order valence-corrected chi connectivity index (χ4v) is 0.214. The number of carboxylic acid groups (broad SMARTS) is 4. The van der Waals surface area contributed by atoms with E-state index in [-0.39, 0.29) is 24.9 Å². The second kappa shape index (κ2) is 23.8. The molecule has 0 aliphatic heterocycles. The zero-order chi connectivity index (χ0) is 18.0. The van der Waals surface area contributed by atoms with Crippen LogP contribution in [0.1, 0.15) is 33.6 Å².